The maximum atomic E-state index is 13.4. The van der Waals surface area contributed by atoms with E-state index in [2.05, 4.69) is 10.3 Å². The smallest absolute Gasteiger partial charge is 0.387 e. The highest BCUT2D eigenvalue weighted by atomic mass is 19.4. The maximum Gasteiger partial charge on any atom is 0.433 e. The Bertz CT molecular complexity index is 884. The van der Waals surface area contributed by atoms with E-state index in [1.807, 2.05) is 6.92 Å². The van der Waals surface area contributed by atoms with E-state index in [0.29, 0.717) is 38.1 Å². The zero-order valence-electron chi connectivity index (χ0n) is 16.1. The average Bonchev–Trinajstić information content (AvgIpc) is 2.69. The molecule has 3 atom stereocenters. The molecule has 0 spiro atoms. The predicted octanol–water partition coefficient (Wildman–Crippen LogP) is 4.85. The van der Waals surface area contributed by atoms with Gasteiger partial charge in [-0.15, -0.1) is 0 Å². The number of alkyl halides is 6. The Morgan fingerprint density at radius 1 is 1.20 bits per heavy atom. The summed E-state index contributed by atoms with van der Waals surface area (Å²) in [5, 5.41) is 13.8. The Morgan fingerprint density at radius 2 is 1.93 bits per heavy atom. The molecule has 0 bridgehead atoms. The SMILES string of the molecule is CCCOC1CCCNC1C(O)c1cc(C(F)(F)F)nc2c(C(F)(F)F)cccc12. The molecule has 1 aliphatic heterocycles. The van der Waals surface area contributed by atoms with Crippen molar-refractivity contribution in [3.63, 3.8) is 0 Å². The number of para-hydroxylation sites is 1. The highest BCUT2D eigenvalue weighted by molar-refractivity contribution is 5.86. The lowest BCUT2D eigenvalue weighted by atomic mass is 9.89. The Kier molecular flexibility index (Phi) is 6.59. The van der Waals surface area contributed by atoms with Crippen LogP contribution in [0.5, 0.6) is 0 Å². The van der Waals surface area contributed by atoms with Crippen LogP contribution < -0.4 is 5.32 Å². The van der Waals surface area contributed by atoms with Crippen molar-refractivity contribution in [3.8, 4) is 0 Å². The van der Waals surface area contributed by atoms with Crippen LogP contribution in [0.15, 0.2) is 24.3 Å². The number of aromatic nitrogens is 1. The van der Waals surface area contributed by atoms with Crippen LogP contribution in [-0.4, -0.2) is 35.4 Å². The van der Waals surface area contributed by atoms with Crippen molar-refractivity contribution in [2.75, 3.05) is 13.2 Å². The zero-order chi connectivity index (χ0) is 22.1. The predicted molar refractivity (Wildman–Crippen MR) is 97.8 cm³/mol. The Balaban J connectivity index is 2.16. The first-order valence-electron chi connectivity index (χ1n) is 9.65. The quantitative estimate of drug-likeness (QED) is 0.658. The molecule has 1 aromatic heterocycles. The molecular formula is C20H22F6N2O2. The lowest BCUT2D eigenvalue weighted by molar-refractivity contribution is -0.142. The van der Waals surface area contributed by atoms with Gasteiger partial charge in [0.25, 0.3) is 0 Å². The summed E-state index contributed by atoms with van der Waals surface area (Å²) in [6.07, 6.45) is -9.81. The number of rotatable bonds is 5. The van der Waals surface area contributed by atoms with Gasteiger partial charge in [0.1, 0.15) is 5.69 Å². The van der Waals surface area contributed by atoms with Gasteiger partial charge in [-0.1, -0.05) is 19.1 Å². The fourth-order valence-electron chi connectivity index (χ4n) is 3.74. The summed E-state index contributed by atoms with van der Waals surface area (Å²) >= 11 is 0. The van der Waals surface area contributed by atoms with E-state index >= 15 is 0 Å². The monoisotopic (exact) mass is 436 g/mol. The average molecular weight is 436 g/mol. The first-order chi connectivity index (χ1) is 14.0. The summed E-state index contributed by atoms with van der Waals surface area (Å²) in [7, 11) is 0. The second-order valence-electron chi connectivity index (χ2n) is 7.27. The Hall–Kier alpha value is -1.91. The van der Waals surface area contributed by atoms with Crippen LogP contribution in [0.3, 0.4) is 0 Å². The number of aliphatic hydroxyl groups excluding tert-OH is 1. The van der Waals surface area contributed by atoms with E-state index in [1.165, 1.54) is 6.07 Å². The molecule has 1 saturated heterocycles. The number of hydrogen-bond donors (Lipinski definition) is 2. The summed E-state index contributed by atoms with van der Waals surface area (Å²) in [5.41, 5.74) is -3.86. The van der Waals surface area contributed by atoms with Gasteiger partial charge in [0.05, 0.1) is 29.3 Å². The topological polar surface area (TPSA) is 54.4 Å². The Morgan fingerprint density at radius 3 is 2.57 bits per heavy atom. The second-order valence-corrected chi connectivity index (χ2v) is 7.27. The molecule has 3 unspecified atom stereocenters. The molecule has 1 aromatic carbocycles. The molecular weight excluding hydrogens is 414 g/mol. The number of aliphatic hydroxyl groups is 1. The lowest BCUT2D eigenvalue weighted by Crippen LogP contribution is -2.49. The highest BCUT2D eigenvalue weighted by Gasteiger charge is 2.40. The molecule has 1 fully saturated rings. The molecule has 10 heteroatoms. The van der Waals surface area contributed by atoms with E-state index in [0.717, 1.165) is 12.5 Å². The van der Waals surface area contributed by atoms with Crippen molar-refractivity contribution in [3.05, 3.63) is 41.1 Å². The third-order valence-electron chi connectivity index (χ3n) is 5.11. The van der Waals surface area contributed by atoms with Crippen molar-refractivity contribution in [1.29, 1.82) is 0 Å². The van der Waals surface area contributed by atoms with Crippen molar-refractivity contribution in [2.24, 2.45) is 0 Å². The van der Waals surface area contributed by atoms with Crippen molar-refractivity contribution >= 4 is 10.9 Å². The fourth-order valence-corrected chi connectivity index (χ4v) is 3.74. The van der Waals surface area contributed by atoms with Crippen molar-refractivity contribution < 1.29 is 36.2 Å². The molecule has 2 N–H and O–H groups in total. The van der Waals surface area contributed by atoms with E-state index in [9.17, 15) is 31.4 Å². The standard InChI is InChI=1S/C20H22F6N2O2/c1-2-9-30-14-7-4-8-27-17(14)18(29)12-10-15(20(24,25)26)28-16-11(12)5-3-6-13(16)19(21,22)23/h3,5-6,10,14,17-18,27,29H,2,4,7-9H2,1H3. The molecule has 2 aromatic rings. The van der Waals surface area contributed by atoms with Gasteiger partial charge in [-0.05, 0) is 43.5 Å². The number of nitrogens with one attached hydrogen (secondary N) is 1. The van der Waals surface area contributed by atoms with E-state index in [1.54, 1.807) is 0 Å². The number of nitrogens with zero attached hydrogens (tertiary/aromatic N) is 1. The Labute approximate surface area is 169 Å². The molecule has 0 saturated carbocycles. The molecule has 166 valence electrons. The number of pyridine rings is 1. The van der Waals surface area contributed by atoms with Gasteiger partial charge in [-0.25, -0.2) is 4.98 Å². The van der Waals surface area contributed by atoms with E-state index < -0.39 is 47.4 Å². The van der Waals surface area contributed by atoms with Gasteiger partial charge < -0.3 is 15.2 Å². The van der Waals surface area contributed by atoms with Gasteiger partial charge in [0.2, 0.25) is 0 Å². The number of ether oxygens (including phenoxy) is 1. The number of benzene rings is 1. The van der Waals surface area contributed by atoms with E-state index in [-0.39, 0.29) is 10.9 Å². The van der Waals surface area contributed by atoms with Crippen molar-refractivity contribution in [1.82, 2.24) is 10.3 Å². The summed E-state index contributed by atoms with van der Waals surface area (Å²) in [4.78, 5) is 3.26. The third kappa shape index (κ3) is 4.70. The number of fused-ring (bicyclic) bond motifs is 1. The molecule has 30 heavy (non-hydrogen) atoms. The molecule has 0 radical (unpaired) electrons. The minimum Gasteiger partial charge on any atom is -0.387 e. The van der Waals surface area contributed by atoms with Crippen LogP contribution in [0.25, 0.3) is 10.9 Å². The largest absolute Gasteiger partial charge is 0.433 e. The number of halogens is 6. The maximum absolute atomic E-state index is 13.4. The van der Waals surface area contributed by atoms with Crippen LogP contribution in [0, 0.1) is 0 Å². The molecule has 0 aliphatic carbocycles. The highest BCUT2D eigenvalue weighted by Crippen LogP contribution is 2.40. The molecule has 0 amide bonds. The zero-order valence-corrected chi connectivity index (χ0v) is 16.1. The lowest BCUT2D eigenvalue weighted by Gasteiger charge is -2.36. The summed E-state index contributed by atoms with van der Waals surface area (Å²) in [5.74, 6) is 0. The number of piperidine rings is 1. The van der Waals surface area contributed by atoms with Crippen LogP contribution in [0.2, 0.25) is 0 Å². The molecule has 3 rings (SSSR count). The van der Waals surface area contributed by atoms with Gasteiger partial charge >= 0.3 is 12.4 Å². The van der Waals surface area contributed by atoms with Crippen LogP contribution >= 0.6 is 0 Å². The van der Waals surface area contributed by atoms with Gasteiger partial charge in [-0.3, -0.25) is 0 Å². The minimum absolute atomic E-state index is 0.174. The van der Waals surface area contributed by atoms with Crippen molar-refractivity contribution in [2.45, 2.75) is 56.8 Å². The second kappa shape index (κ2) is 8.68. The third-order valence-corrected chi connectivity index (χ3v) is 5.11. The summed E-state index contributed by atoms with van der Waals surface area (Å²) in [6, 6.07) is 2.88. The van der Waals surface area contributed by atoms with Gasteiger partial charge in [0, 0.05) is 12.0 Å². The molecule has 2 heterocycles. The first-order valence-corrected chi connectivity index (χ1v) is 9.65. The van der Waals surface area contributed by atoms with E-state index in [4.69, 9.17) is 4.74 Å². The summed E-state index contributed by atoms with van der Waals surface area (Å²) < 4.78 is 86.2. The summed E-state index contributed by atoms with van der Waals surface area (Å²) in [6.45, 7) is 2.81. The number of hydrogen-bond acceptors (Lipinski definition) is 4. The normalized spacial score (nSPS) is 21.7. The van der Waals surface area contributed by atoms with Gasteiger partial charge in [0.15, 0.2) is 0 Å². The van der Waals surface area contributed by atoms with Gasteiger partial charge in [-0.2, -0.15) is 26.3 Å². The minimum atomic E-state index is -4.97. The molecule has 1 aliphatic rings. The first kappa shape index (κ1) is 22.8. The van der Waals surface area contributed by atoms with Crippen LogP contribution in [-0.2, 0) is 17.1 Å². The van der Waals surface area contributed by atoms with Crippen LogP contribution in [0.4, 0.5) is 26.3 Å². The molecule has 4 nitrogen and oxygen atoms in total. The van der Waals surface area contributed by atoms with Crippen LogP contribution in [0.1, 0.15) is 49.1 Å². The fraction of sp³-hybridized carbons (Fsp3) is 0.550.